The Kier molecular flexibility index (Phi) is 6.63. The first-order chi connectivity index (χ1) is 7.09. The summed E-state index contributed by atoms with van der Waals surface area (Å²) < 4.78 is 0. The Morgan fingerprint density at radius 3 is 2.20 bits per heavy atom. The van der Waals surface area contributed by atoms with Crippen molar-refractivity contribution in [3.63, 3.8) is 0 Å². The lowest BCUT2D eigenvalue weighted by Gasteiger charge is -2.03. The van der Waals surface area contributed by atoms with Gasteiger partial charge in [0, 0.05) is 0 Å². The molecule has 0 saturated heterocycles. The Hall–Kier alpha value is -1.84. The number of carbonyl (C=O) groups is 2. The summed E-state index contributed by atoms with van der Waals surface area (Å²) in [6.45, 7) is 3.48. The molecule has 15 heavy (non-hydrogen) atoms. The lowest BCUT2D eigenvalue weighted by molar-refractivity contribution is -0.154. The van der Waals surface area contributed by atoms with E-state index in [1.54, 1.807) is 30.4 Å². The Balaban J connectivity index is 3.96. The fourth-order valence-corrected chi connectivity index (χ4v) is 0.933. The van der Waals surface area contributed by atoms with Crippen LogP contribution in [0.2, 0.25) is 0 Å². The van der Waals surface area contributed by atoms with E-state index in [0.29, 0.717) is 6.42 Å². The topological polar surface area (TPSA) is 74.6 Å². The van der Waals surface area contributed by atoms with Gasteiger partial charge in [-0.15, -0.1) is 0 Å². The van der Waals surface area contributed by atoms with E-state index in [1.165, 1.54) is 0 Å². The molecule has 2 N–H and O–H groups in total. The summed E-state index contributed by atoms with van der Waals surface area (Å²) in [4.78, 5) is 20.9. The molecule has 0 amide bonds. The Bertz CT molecular complexity index is 275. The molecule has 82 valence electrons. The van der Waals surface area contributed by atoms with Crippen molar-refractivity contribution in [3.8, 4) is 0 Å². The molecule has 0 radical (unpaired) electrons. The van der Waals surface area contributed by atoms with Gasteiger partial charge >= 0.3 is 11.9 Å². The second kappa shape index (κ2) is 7.55. The first-order valence-corrected chi connectivity index (χ1v) is 4.49. The van der Waals surface area contributed by atoms with Crippen LogP contribution in [0, 0.1) is 5.92 Å². The number of hydrogen-bond acceptors (Lipinski definition) is 2. The quantitative estimate of drug-likeness (QED) is 0.496. The molecule has 0 spiro atoms. The highest BCUT2D eigenvalue weighted by molar-refractivity contribution is 5.92. The molecule has 0 aromatic rings. The summed E-state index contributed by atoms with van der Waals surface area (Å²) in [7, 11) is 0. The molecule has 0 unspecified atom stereocenters. The maximum atomic E-state index is 10.5. The van der Waals surface area contributed by atoms with Crippen LogP contribution in [0.15, 0.2) is 37.0 Å². The molecule has 0 aliphatic carbocycles. The lowest BCUT2D eigenvalue weighted by atomic mass is 10.0. The molecular formula is C11H14O4. The molecule has 0 atom stereocenters. The maximum Gasteiger partial charge on any atom is 0.317 e. The maximum absolute atomic E-state index is 10.5. The van der Waals surface area contributed by atoms with Gasteiger partial charge in [-0.25, -0.2) is 0 Å². The Morgan fingerprint density at radius 1 is 1.13 bits per heavy atom. The summed E-state index contributed by atoms with van der Waals surface area (Å²) in [6.07, 6.45) is 9.04. The predicted molar refractivity (Wildman–Crippen MR) is 56.5 cm³/mol. The second-order valence-corrected chi connectivity index (χ2v) is 2.86. The van der Waals surface area contributed by atoms with Crippen LogP contribution in [0.4, 0.5) is 0 Å². The van der Waals surface area contributed by atoms with Gasteiger partial charge in [0.1, 0.15) is 0 Å². The van der Waals surface area contributed by atoms with Crippen molar-refractivity contribution in [1.82, 2.24) is 0 Å². The van der Waals surface area contributed by atoms with E-state index in [0.717, 1.165) is 0 Å². The normalized spacial score (nSPS) is 11.3. The molecule has 0 fully saturated rings. The molecule has 0 heterocycles. The zero-order valence-corrected chi connectivity index (χ0v) is 8.30. The number of allylic oxidation sites excluding steroid dienone is 5. The molecule has 4 nitrogen and oxygen atoms in total. The molecule has 0 aromatic heterocycles. The smallest absolute Gasteiger partial charge is 0.317 e. The summed E-state index contributed by atoms with van der Waals surface area (Å²) in [5, 5.41) is 17.1. The minimum atomic E-state index is -1.32. The van der Waals surface area contributed by atoms with Gasteiger partial charge in [-0.3, -0.25) is 9.59 Å². The zero-order chi connectivity index (χ0) is 11.7. The van der Waals surface area contributed by atoms with Crippen molar-refractivity contribution in [1.29, 1.82) is 0 Å². The van der Waals surface area contributed by atoms with E-state index in [9.17, 15) is 9.59 Å². The number of hydrogen-bond donors (Lipinski definition) is 2. The third-order valence-corrected chi connectivity index (χ3v) is 1.71. The minimum Gasteiger partial charge on any atom is -0.481 e. The lowest BCUT2D eigenvalue weighted by Crippen LogP contribution is -2.22. The first-order valence-electron chi connectivity index (χ1n) is 4.49. The van der Waals surface area contributed by atoms with Gasteiger partial charge in [-0.1, -0.05) is 37.0 Å². The van der Waals surface area contributed by atoms with Gasteiger partial charge in [0.25, 0.3) is 0 Å². The molecule has 0 rings (SSSR count). The van der Waals surface area contributed by atoms with Crippen LogP contribution < -0.4 is 0 Å². The monoisotopic (exact) mass is 210 g/mol. The van der Waals surface area contributed by atoms with E-state index >= 15 is 0 Å². The van der Waals surface area contributed by atoms with Crippen molar-refractivity contribution in [2.24, 2.45) is 5.92 Å². The van der Waals surface area contributed by atoms with Crippen molar-refractivity contribution in [3.05, 3.63) is 37.0 Å². The number of aliphatic carboxylic acids is 2. The van der Waals surface area contributed by atoms with Crippen LogP contribution in [-0.4, -0.2) is 22.2 Å². The number of rotatable bonds is 7. The van der Waals surface area contributed by atoms with E-state index in [-0.39, 0.29) is 6.42 Å². The molecule has 0 bridgehead atoms. The van der Waals surface area contributed by atoms with E-state index in [1.807, 2.05) is 0 Å². The van der Waals surface area contributed by atoms with Crippen LogP contribution in [0.5, 0.6) is 0 Å². The van der Waals surface area contributed by atoms with Gasteiger partial charge < -0.3 is 10.2 Å². The van der Waals surface area contributed by atoms with E-state index in [4.69, 9.17) is 10.2 Å². The van der Waals surface area contributed by atoms with Crippen molar-refractivity contribution >= 4 is 11.9 Å². The summed E-state index contributed by atoms with van der Waals surface area (Å²) in [5.41, 5.74) is 0. The standard InChI is InChI=1S/C11H14O4/c1-2-3-4-5-6-7-8-9(10(12)13)11(14)15/h2-6,9H,1,7-8H2,(H,12,13)(H,14,15)/b4-3-,6-5-. The molecular weight excluding hydrogens is 196 g/mol. The van der Waals surface area contributed by atoms with Gasteiger partial charge in [0.15, 0.2) is 5.92 Å². The highest BCUT2D eigenvalue weighted by atomic mass is 16.4. The molecule has 0 saturated carbocycles. The van der Waals surface area contributed by atoms with Crippen molar-refractivity contribution in [2.75, 3.05) is 0 Å². The predicted octanol–water partition coefficient (Wildman–Crippen LogP) is 1.85. The van der Waals surface area contributed by atoms with Crippen LogP contribution in [0.25, 0.3) is 0 Å². The fourth-order valence-electron chi connectivity index (χ4n) is 0.933. The third-order valence-electron chi connectivity index (χ3n) is 1.71. The average molecular weight is 210 g/mol. The second-order valence-electron chi connectivity index (χ2n) is 2.86. The van der Waals surface area contributed by atoms with Crippen LogP contribution in [0.3, 0.4) is 0 Å². The molecule has 4 heteroatoms. The highest BCUT2D eigenvalue weighted by Gasteiger charge is 2.24. The summed E-state index contributed by atoms with van der Waals surface area (Å²) >= 11 is 0. The summed E-state index contributed by atoms with van der Waals surface area (Å²) in [6, 6.07) is 0. The van der Waals surface area contributed by atoms with Crippen molar-refractivity contribution in [2.45, 2.75) is 12.8 Å². The molecule has 0 aliphatic heterocycles. The summed E-state index contributed by atoms with van der Waals surface area (Å²) in [5.74, 6) is -3.91. The first kappa shape index (κ1) is 13.2. The Morgan fingerprint density at radius 2 is 1.73 bits per heavy atom. The zero-order valence-electron chi connectivity index (χ0n) is 8.30. The molecule has 0 aliphatic rings. The Labute approximate surface area is 88.2 Å². The molecule has 0 aromatic carbocycles. The minimum absolute atomic E-state index is 0.100. The fraction of sp³-hybridized carbons (Fsp3) is 0.273. The number of carboxylic acids is 2. The SMILES string of the molecule is C=C/C=C\C=C/CCC(C(=O)O)C(=O)O. The van der Waals surface area contributed by atoms with E-state index < -0.39 is 17.9 Å². The van der Waals surface area contributed by atoms with Crippen LogP contribution in [0.1, 0.15) is 12.8 Å². The van der Waals surface area contributed by atoms with Gasteiger partial charge in [0.05, 0.1) is 0 Å². The third kappa shape index (κ3) is 6.26. The van der Waals surface area contributed by atoms with Gasteiger partial charge in [0.2, 0.25) is 0 Å². The van der Waals surface area contributed by atoms with Gasteiger partial charge in [-0.05, 0) is 12.8 Å². The van der Waals surface area contributed by atoms with Crippen molar-refractivity contribution < 1.29 is 19.8 Å². The number of carboxylic acid groups (broad SMARTS) is 2. The van der Waals surface area contributed by atoms with Crippen LogP contribution >= 0.6 is 0 Å². The largest absolute Gasteiger partial charge is 0.481 e. The highest BCUT2D eigenvalue weighted by Crippen LogP contribution is 2.07. The van der Waals surface area contributed by atoms with Crippen LogP contribution in [-0.2, 0) is 9.59 Å². The average Bonchev–Trinajstić information content (AvgIpc) is 2.15. The van der Waals surface area contributed by atoms with Gasteiger partial charge in [-0.2, -0.15) is 0 Å². The van der Waals surface area contributed by atoms with E-state index in [2.05, 4.69) is 6.58 Å².